The minimum atomic E-state index is -3.22. The molecule has 190 valence electrons. The standard InChI is InChI=1S/C21H35BrNO9P/c1-7-31-33(25,32-8-2)10-9-29-13-21(3)16(27-5)12-23-11-15(22)18(24)19(28-6)17(23)20(21)30-14-26-4/h11,16,20H,7-10,12-14H2,1-6H3. The van der Waals surface area contributed by atoms with E-state index in [0.29, 0.717) is 16.7 Å². The molecule has 1 aliphatic heterocycles. The molecular weight excluding hydrogens is 521 g/mol. The molecule has 12 heteroatoms. The predicted octanol–water partition coefficient (Wildman–Crippen LogP) is 3.60. The molecule has 1 aromatic rings. The fourth-order valence-electron chi connectivity index (χ4n) is 4.05. The van der Waals surface area contributed by atoms with Crippen molar-refractivity contribution in [3.63, 3.8) is 0 Å². The van der Waals surface area contributed by atoms with Crippen LogP contribution in [0.25, 0.3) is 0 Å². The third-order valence-corrected chi connectivity index (χ3v) is 8.19. The van der Waals surface area contributed by atoms with Crippen LogP contribution in [0.2, 0.25) is 0 Å². The van der Waals surface area contributed by atoms with Crippen molar-refractivity contribution in [3.8, 4) is 5.75 Å². The molecule has 10 nitrogen and oxygen atoms in total. The van der Waals surface area contributed by atoms with E-state index in [-0.39, 0.29) is 56.7 Å². The third-order valence-electron chi connectivity index (χ3n) is 5.60. The molecule has 0 saturated heterocycles. The summed E-state index contributed by atoms with van der Waals surface area (Å²) in [6.45, 7) is 6.86. The van der Waals surface area contributed by atoms with Gasteiger partial charge in [-0.25, -0.2) is 0 Å². The van der Waals surface area contributed by atoms with E-state index >= 15 is 0 Å². The van der Waals surface area contributed by atoms with Crippen LogP contribution >= 0.6 is 23.5 Å². The Morgan fingerprint density at radius 2 is 1.88 bits per heavy atom. The predicted molar refractivity (Wildman–Crippen MR) is 126 cm³/mol. The first kappa shape index (κ1) is 28.5. The van der Waals surface area contributed by atoms with Crippen molar-refractivity contribution < 1.29 is 37.3 Å². The van der Waals surface area contributed by atoms with Gasteiger partial charge in [-0.1, -0.05) is 6.92 Å². The summed E-state index contributed by atoms with van der Waals surface area (Å²) in [4.78, 5) is 12.8. The summed E-state index contributed by atoms with van der Waals surface area (Å²) in [5, 5.41) is 0. The first-order valence-corrected chi connectivity index (χ1v) is 13.3. The Balaban J connectivity index is 2.35. The molecule has 0 N–H and O–H groups in total. The largest absolute Gasteiger partial charge is 0.491 e. The average molecular weight is 556 g/mol. The van der Waals surface area contributed by atoms with Gasteiger partial charge in [-0.05, 0) is 29.8 Å². The molecule has 1 aliphatic rings. The molecule has 3 atom stereocenters. The smallest absolute Gasteiger partial charge is 0.332 e. The molecule has 2 heterocycles. The van der Waals surface area contributed by atoms with Crippen LogP contribution in [0.15, 0.2) is 15.5 Å². The highest BCUT2D eigenvalue weighted by molar-refractivity contribution is 9.10. The number of fused-ring (bicyclic) bond motifs is 1. The number of pyridine rings is 1. The van der Waals surface area contributed by atoms with Gasteiger partial charge in [-0.2, -0.15) is 0 Å². The Bertz CT molecular complexity index is 870. The number of hydrogen-bond acceptors (Lipinski definition) is 9. The normalized spacial score (nSPS) is 22.9. The zero-order chi connectivity index (χ0) is 24.6. The number of nitrogens with zero attached hydrogens (tertiary/aromatic N) is 1. The van der Waals surface area contributed by atoms with Crippen LogP contribution in [0.5, 0.6) is 5.75 Å². The summed E-state index contributed by atoms with van der Waals surface area (Å²) in [5.74, 6) is 0.184. The van der Waals surface area contributed by atoms with Crippen molar-refractivity contribution in [2.75, 3.05) is 60.7 Å². The van der Waals surface area contributed by atoms with Gasteiger partial charge in [0.05, 0.1) is 61.4 Å². The summed E-state index contributed by atoms with van der Waals surface area (Å²) in [7, 11) is 1.37. The molecule has 33 heavy (non-hydrogen) atoms. The van der Waals surface area contributed by atoms with Gasteiger partial charge in [0.2, 0.25) is 5.43 Å². The van der Waals surface area contributed by atoms with Crippen LogP contribution < -0.4 is 10.2 Å². The van der Waals surface area contributed by atoms with Crippen molar-refractivity contribution in [1.82, 2.24) is 4.57 Å². The Morgan fingerprint density at radius 3 is 2.42 bits per heavy atom. The summed E-state index contributed by atoms with van der Waals surface area (Å²) in [5.41, 5.74) is -0.415. The molecule has 0 fully saturated rings. The van der Waals surface area contributed by atoms with Gasteiger partial charge >= 0.3 is 7.60 Å². The highest BCUT2D eigenvalue weighted by Gasteiger charge is 2.50. The molecule has 0 bridgehead atoms. The van der Waals surface area contributed by atoms with Gasteiger partial charge in [0.15, 0.2) is 5.75 Å². The highest BCUT2D eigenvalue weighted by Crippen LogP contribution is 2.49. The maximum atomic E-state index is 12.8. The quantitative estimate of drug-likeness (QED) is 0.193. The summed E-state index contributed by atoms with van der Waals surface area (Å²) in [6, 6.07) is 0. The summed E-state index contributed by atoms with van der Waals surface area (Å²) in [6.07, 6.45) is 0.864. The number of hydrogen-bond donors (Lipinski definition) is 0. The third kappa shape index (κ3) is 6.46. The molecule has 0 saturated carbocycles. The van der Waals surface area contributed by atoms with Crippen molar-refractivity contribution >= 4 is 23.5 Å². The second-order valence-corrected chi connectivity index (χ2v) is 10.8. The van der Waals surface area contributed by atoms with E-state index < -0.39 is 19.1 Å². The zero-order valence-corrected chi connectivity index (χ0v) is 22.6. The van der Waals surface area contributed by atoms with Gasteiger partial charge < -0.3 is 37.3 Å². The zero-order valence-electron chi connectivity index (χ0n) is 20.1. The first-order chi connectivity index (χ1) is 15.7. The van der Waals surface area contributed by atoms with Crippen LogP contribution in [-0.2, 0) is 39.1 Å². The number of halogens is 1. The molecule has 1 aromatic heterocycles. The molecule has 2 rings (SSSR count). The van der Waals surface area contributed by atoms with Gasteiger partial charge in [0.25, 0.3) is 0 Å². The van der Waals surface area contributed by atoms with Crippen LogP contribution in [0, 0.1) is 5.41 Å². The van der Waals surface area contributed by atoms with Crippen molar-refractivity contribution in [3.05, 3.63) is 26.6 Å². The van der Waals surface area contributed by atoms with E-state index in [1.165, 1.54) is 14.2 Å². The topological polar surface area (TPSA) is 104 Å². The monoisotopic (exact) mass is 555 g/mol. The molecule has 0 aromatic carbocycles. The van der Waals surface area contributed by atoms with Crippen molar-refractivity contribution in [1.29, 1.82) is 0 Å². The van der Waals surface area contributed by atoms with Gasteiger partial charge in [-0.15, -0.1) is 0 Å². The van der Waals surface area contributed by atoms with Crippen LogP contribution in [0.3, 0.4) is 0 Å². The van der Waals surface area contributed by atoms with Crippen molar-refractivity contribution in [2.45, 2.75) is 39.5 Å². The lowest BCUT2D eigenvalue weighted by Gasteiger charge is -2.47. The second-order valence-electron chi connectivity index (χ2n) is 7.78. The average Bonchev–Trinajstić information content (AvgIpc) is 2.78. The Labute approximate surface area is 203 Å². The molecule has 3 unspecified atom stereocenters. The molecule has 0 spiro atoms. The maximum absolute atomic E-state index is 12.8. The van der Waals surface area contributed by atoms with Crippen LogP contribution in [0.4, 0.5) is 0 Å². The van der Waals surface area contributed by atoms with E-state index in [9.17, 15) is 9.36 Å². The van der Waals surface area contributed by atoms with Gasteiger partial charge in [0, 0.05) is 27.0 Å². The fourth-order valence-corrected chi connectivity index (χ4v) is 5.95. The lowest BCUT2D eigenvalue weighted by molar-refractivity contribution is -0.189. The maximum Gasteiger partial charge on any atom is 0.332 e. The summed E-state index contributed by atoms with van der Waals surface area (Å²) < 4.78 is 54.2. The Hall–Kier alpha value is -0.780. The van der Waals surface area contributed by atoms with E-state index in [2.05, 4.69) is 15.9 Å². The lowest BCUT2D eigenvalue weighted by Crippen LogP contribution is -2.51. The number of aromatic nitrogens is 1. The Kier molecular flexibility index (Phi) is 11.0. The van der Waals surface area contributed by atoms with E-state index in [1.54, 1.807) is 27.2 Å². The van der Waals surface area contributed by atoms with Gasteiger partial charge in [-0.3, -0.25) is 9.36 Å². The SMILES string of the molecule is CCOP(=O)(CCOCC1(C)C(OC)Cn2cc(Br)c(=O)c(OC)c2C1OCOC)OCC. The van der Waals surface area contributed by atoms with E-state index in [4.69, 9.17) is 32.7 Å². The lowest BCUT2D eigenvalue weighted by atomic mass is 9.74. The minimum Gasteiger partial charge on any atom is -0.491 e. The minimum absolute atomic E-state index is 0.00597. The number of ether oxygens (including phenoxy) is 5. The van der Waals surface area contributed by atoms with E-state index in [1.807, 2.05) is 11.5 Å². The molecular formula is C21H35BrNO9P. The molecule has 0 aliphatic carbocycles. The highest BCUT2D eigenvalue weighted by atomic mass is 79.9. The summed E-state index contributed by atoms with van der Waals surface area (Å²) >= 11 is 3.31. The number of rotatable bonds is 14. The van der Waals surface area contributed by atoms with Crippen LogP contribution in [-0.4, -0.2) is 71.4 Å². The van der Waals surface area contributed by atoms with Crippen LogP contribution in [0.1, 0.15) is 32.6 Å². The Morgan fingerprint density at radius 1 is 1.21 bits per heavy atom. The fraction of sp³-hybridized carbons (Fsp3) is 0.762. The van der Waals surface area contributed by atoms with E-state index in [0.717, 1.165) is 0 Å². The first-order valence-electron chi connectivity index (χ1n) is 10.8. The molecule has 0 amide bonds. The second kappa shape index (κ2) is 12.8. The van der Waals surface area contributed by atoms with Gasteiger partial charge in [0.1, 0.15) is 12.9 Å². The van der Waals surface area contributed by atoms with Crippen molar-refractivity contribution in [2.24, 2.45) is 5.41 Å². The number of methoxy groups -OCH3 is 3. The molecule has 0 radical (unpaired) electrons.